The van der Waals surface area contributed by atoms with E-state index in [-0.39, 0.29) is 61.6 Å². The number of para-hydroxylation sites is 2. The van der Waals surface area contributed by atoms with Gasteiger partial charge in [-0.15, -0.1) is 5.06 Å². The van der Waals surface area contributed by atoms with E-state index < -0.39 is 17.8 Å². The molecule has 0 saturated carbocycles. The number of carbonyl (C=O) groups excluding carboxylic acids is 4. The molecule has 67 heavy (non-hydrogen) atoms. The highest BCUT2D eigenvalue weighted by atomic mass is 35.5. The third kappa shape index (κ3) is 16.5. The van der Waals surface area contributed by atoms with Gasteiger partial charge in [0.05, 0.1) is 91.1 Å². The van der Waals surface area contributed by atoms with Crippen molar-refractivity contribution in [3.63, 3.8) is 0 Å². The van der Waals surface area contributed by atoms with Crippen molar-refractivity contribution in [2.24, 2.45) is 0 Å². The molecule has 0 bridgehead atoms. The van der Waals surface area contributed by atoms with E-state index in [1.54, 1.807) is 0 Å². The van der Waals surface area contributed by atoms with Crippen LogP contribution in [0.2, 0.25) is 0 Å². The van der Waals surface area contributed by atoms with Crippen LogP contribution in [0.5, 0.6) is 0 Å². The number of imide groups is 1. The number of ether oxygens (including phenoxy) is 6. The van der Waals surface area contributed by atoms with Crippen molar-refractivity contribution in [2.75, 3.05) is 104 Å². The van der Waals surface area contributed by atoms with Crippen LogP contribution in [0.1, 0.15) is 83.8 Å². The summed E-state index contributed by atoms with van der Waals surface area (Å²) < 4.78 is 35.2. The summed E-state index contributed by atoms with van der Waals surface area (Å²) in [5.41, 5.74) is 7.60. The number of allylic oxidation sites excluding steroid dienone is 6. The number of halogens is 1. The molecule has 3 aliphatic rings. The number of unbranched alkanes of at least 4 members (excludes halogenated alkanes) is 2. The molecule has 0 unspecified atom stereocenters. The van der Waals surface area contributed by atoms with Crippen LogP contribution in [0.15, 0.2) is 84.6 Å². The smallest absolute Gasteiger partial charge is 0.335 e. The summed E-state index contributed by atoms with van der Waals surface area (Å²) in [6, 6.07) is 17.3. The van der Waals surface area contributed by atoms with Crippen molar-refractivity contribution in [1.29, 1.82) is 0 Å². The molecule has 1 fully saturated rings. The van der Waals surface area contributed by atoms with E-state index in [9.17, 15) is 19.2 Å². The van der Waals surface area contributed by atoms with Crippen molar-refractivity contribution in [3.8, 4) is 0 Å². The molecule has 0 atom stereocenters. The average Bonchev–Trinajstić information content (AvgIpc) is 3.81. The van der Waals surface area contributed by atoms with Gasteiger partial charge in [0.25, 0.3) is 11.8 Å². The summed E-state index contributed by atoms with van der Waals surface area (Å²) in [5.74, 6) is -1.68. The molecule has 3 aliphatic heterocycles. The van der Waals surface area contributed by atoms with Gasteiger partial charge in [-0.2, -0.15) is 4.58 Å². The lowest BCUT2D eigenvalue weighted by molar-refractivity contribution is -0.401. The van der Waals surface area contributed by atoms with Crippen molar-refractivity contribution < 1.29 is 69.4 Å². The molecule has 2 aromatic carbocycles. The van der Waals surface area contributed by atoms with Crippen molar-refractivity contribution in [3.05, 3.63) is 95.7 Å². The van der Waals surface area contributed by atoms with Crippen molar-refractivity contribution >= 4 is 40.8 Å². The van der Waals surface area contributed by atoms with Crippen molar-refractivity contribution in [2.45, 2.75) is 83.5 Å². The predicted octanol–water partition coefficient (Wildman–Crippen LogP) is 3.26. The van der Waals surface area contributed by atoms with E-state index in [1.807, 2.05) is 0 Å². The van der Waals surface area contributed by atoms with Crippen LogP contribution in [0.3, 0.4) is 0 Å². The van der Waals surface area contributed by atoms with Crippen LogP contribution in [0.4, 0.5) is 11.4 Å². The Morgan fingerprint density at radius 3 is 1.82 bits per heavy atom. The Bertz CT molecular complexity index is 2030. The number of hydrogen-bond donors (Lipinski definition) is 1. The zero-order valence-electron chi connectivity index (χ0n) is 40.1. The van der Waals surface area contributed by atoms with E-state index in [0.717, 1.165) is 25.8 Å². The summed E-state index contributed by atoms with van der Waals surface area (Å²) in [6.45, 7) is 15.1. The maximum absolute atomic E-state index is 12.5. The van der Waals surface area contributed by atoms with Crippen LogP contribution in [-0.4, -0.2) is 138 Å². The van der Waals surface area contributed by atoms with Gasteiger partial charge in [-0.05, 0) is 44.4 Å². The van der Waals surface area contributed by atoms with Gasteiger partial charge >= 0.3 is 5.97 Å². The largest absolute Gasteiger partial charge is 1.00 e. The lowest BCUT2D eigenvalue weighted by atomic mass is 9.81. The molecule has 0 aliphatic carbocycles. The van der Waals surface area contributed by atoms with E-state index in [2.05, 4.69) is 128 Å². The molecule has 2 aromatic rings. The summed E-state index contributed by atoms with van der Waals surface area (Å²) in [7, 11) is 2.15. The molecule has 16 heteroatoms. The molecular formula is C51H71ClN4O11. The number of hydroxylamine groups is 2. The fourth-order valence-corrected chi connectivity index (χ4v) is 8.29. The van der Waals surface area contributed by atoms with Gasteiger partial charge in [-0.25, -0.2) is 4.79 Å². The summed E-state index contributed by atoms with van der Waals surface area (Å²) in [6.07, 6.45) is 14.2. The van der Waals surface area contributed by atoms with Gasteiger partial charge in [-0.3, -0.25) is 14.4 Å². The molecule has 3 amide bonds. The zero-order chi connectivity index (χ0) is 47.2. The molecule has 1 saturated heterocycles. The standard InChI is InChI=1S/C51H70N4O11.ClH/c1-50(2)40-16-11-13-18-42(40)53(5)44(50)20-8-6-9-21-45-51(3,4)41-17-12-14-19-43(41)54(45)27-15-7-10-22-46(56)52-26-29-61-31-33-63-35-37-65-39-38-64-36-34-62-32-30-60-28-25-49(59)66-55-47(57)23-24-48(55)58;/h6,8-9,11-14,16-21H,7,10,15,22-39H2,1-5H3;1H. The maximum atomic E-state index is 12.5. The number of rotatable bonds is 31. The van der Waals surface area contributed by atoms with Crippen LogP contribution < -0.4 is 22.6 Å². The van der Waals surface area contributed by atoms with E-state index >= 15 is 0 Å². The van der Waals surface area contributed by atoms with Gasteiger partial charge in [0.2, 0.25) is 11.6 Å². The Labute approximate surface area is 402 Å². The molecular weight excluding hydrogens is 880 g/mol. The summed E-state index contributed by atoms with van der Waals surface area (Å²) in [5, 5.41) is 3.48. The number of nitrogens with one attached hydrogen (secondary N) is 1. The maximum Gasteiger partial charge on any atom is 0.335 e. The number of nitrogens with zero attached hydrogens (tertiary/aromatic N) is 3. The van der Waals surface area contributed by atoms with E-state index in [0.29, 0.717) is 84.1 Å². The van der Waals surface area contributed by atoms with Crippen LogP contribution in [0.25, 0.3) is 0 Å². The molecule has 15 nitrogen and oxygen atoms in total. The second-order valence-electron chi connectivity index (χ2n) is 17.3. The van der Waals surface area contributed by atoms with Crippen molar-refractivity contribution in [1.82, 2.24) is 10.4 Å². The normalized spacial score (nSPS) is 16.7. The lowest BCUT2D eigenvalue weighted by Crippen LogP contribution is -3.00. The molecule has 0 spiro atoms. The molecule has 0 aromatic heterocycles. The first-order chi connectivity index (χ1) is 31.9. The first kappa shape index (κ1) is 54.9. The third-order valence-corrected chi connectivity index (χ3v) is 11.8. The first-order valence-electron chi connectivity index (χ1n) is 23.4. The van der Waals surface area contributed by atoms with E-state index in [1.165, 1.54) is 33.9 Å². The van der Waals surface area contributed by atoms with Gasteiger partial charge in [0.15, 0.2) is 5.71 Å². The number of fused-ring (bicyclic) bond motifs is 2. The Kier molecular flexibility index (Phi) is 23.4. The monoisotopic (exact) mass is 950 g/mol. The van der Waals surface area contributed by atoms with Crippen LogP contribution in [-0.2, 0) is 63.3 Å². The lowest BCUT2D eigenvalue weighted by Gasteiger charge is -2.27. The number of anilines is 1. The highest BCUT2D eigenvalue weighted by Crippen LogP contribution is 2.47. The molecule has 1 N–H and O–H groups in total. The quantitative estimate of drug-likeness (QED) is 0.0511. The highest BCUT2D eigenvalue weighted by molar-refractivity contribution is 6.03. The molecule has 5 rings (SSSR count). The van der Waals surface area contributed by atoms with Gasteiger partial charge < -0.3 is 55.9 Å². The SMILES string of the molecule is C[N+]1=C(\C=C/C=C/C=C2/N(CCCCCC(=O)NCCOCCOCCOCCOCCOCCOCCC(=O)ON3C(=O)CCC3=O)c3ccccc3C2(C)C)C(C)(C)c2ccccc21.[Cl-]. The van der Waals surface area contributed by atoms with Gasteiger partial charge in [-0.1, -0.05) is 74.9 Å². The fourth-order valence-electron chi connectivity index (χ4n) is 8.29. The Hall–Kier alpha value is -4.74. The van der Waals surface area contributed by atoms with Gasteiger partial charge in [0.1, 0.15) is 7.05 Å². The summed E-state index contributed by atoms with van der Waals surface area (Å²) >= 11 is 0. The Balaban J connectivity index is 0.00000980. The molecule has 3 heterocycles. The van der Waals surface area contributed by atoms with E-state index in [4.69, 9.17) is 33.3 Å². The average molecular weight is 952 g/mol. The van der Waals surface area contributed by atoms with Crippen LogP contribution >= 0.6 is 0 Å². The topological polar surface area (TPSA) is 154 Å². The second-order valence-corrected chi connectivity index (χ2v) is 17.3. The summed E-state index contributed by atoms with van der Waals surface area (Å²) in [4.78, 5) is 54.4. The molecule has 368 valence electrons. The number of carbonyl (C=O) groups is 4. The Morgan fingerprint density at radius 1 is 0.657 bits per heavy atom. The van der Waals surface area contributed by atoms with Crippen LogP contribution in [0, 0.1) is 0 Å². The number of hydrogen-bond acceptors (Lipinski definition) is 12. The third-order valence-electron chi connectivity index (χ3n) is 11.8. The second kappa shape index (κ2) is 28.6. The fraction of sp³-hybridized carbons (Fsp3) is 0.549. The predicted molar refractivity (Wildman–Crippen MR) is 252 cm³/mol. The Morgan fingerprint density at radius 2 is 1.21 bits per heavy atom. The van der Waals surface area contributed by atoms with Gasteiger partial charge in [0, 0.05) is 66.9 Å². The number of benzene rings is 2. The number of amides is 3. The minimum Gasteiger partial charge on any atom is -1.00 e. The minimum atomic E-state index is -0.701. The molecule has 0 radical (unpaired) electrons. The zero-order valence-corrected chi connectivity index (χ0v) is 40.8. The minimum absolute atomic E-state index is 0. The first-order valence-corrected chi connectivity index (χ1v) is 23.4. The highest BCUT2D eigenvalue weighted by Gasteiger charge is 2.42.